The number of hydrogen-bond donors (Lipinski definition) is 0. The SMILES string of the molecule is Cc1cc(C(=O)COc2ccc(Cl)c(F)c2)c(C)n1C. The first-order valence-electron chi connectivity index (χ1n) is 6.14. The van der Waals surface area contributed by atoms with Gasteiger partial charge < -0.3 is 9.30 Å². The van der Waals surface area contributed by atoms with Crippen molar-refractivity contribution in [2.24, 2.45) is 7.05 Å². The van der Waals surface area contributed by atoms with Crippen molar-refractivity contribution in [2.75, 3.05) is 6.61 Å². The van der Waals surface area contributed by atoms with Gasteiger partial charge in [0.25, 0.3) is 0 Å². The maximum absolute atomic E-state index is 13.2. The standard InChI is InChI=1S/C15H15ClFNO2/c1-9-6-12(10(2)18(9)3)15(19)8-20-11-4-5-13(16)14(17)7-11/h4-7H,8H2,1-3H3. The highest BCUT2D eigenvalue weighted by Crippen LogP contribution is 2.21. The minimum absolute atomic E-state index is 0.0261. The third-order valence-electron chi connectivity index (χ3n) is 3.34. The van der Waals surface area contributed by atoms with Gasteiger partial charge in [0, 0.05) is 30.1 Å². The lowest BCUT2D eigenvalue weighted by atomic mass is 10.1. The van der Waals surface area contributed by atoms with Crippen LogP contribution < -0.4 is 4.74 Å². The van der Waals surface area contributed by atoms with E-state index in [1.54, 1.807) is 0 Å². The van der Waals surface area contributed by atoms with Crippen LogP contribution in [0.3, 0.4) is 0 Å². The van der Waals surface area contributed by atoms with Crippen LogP contribution in [0.4, 0.5) is 4.39 Å². The third kappa shape index (κ3) is 2.85. The minimum atomic E-state index is -0.566. The van der Waals surface area contributed by atoms with Gasteiger partial charge in [0.1, 0.15) is 11.6 Å². The van der Waals surface area contributed by atoms with E-state index in [1.807, 2.05) is 31.5 Å². The van der Waals surface area contributed by atoms with Gasteiger partial charge in [-0.05, 0) is 32.0 Å². The molecule has 1 aromatic carbocycles. The van der Waals surface area contributed by atoms with Gasteiger partial charge in [-0.25, -0.2) is 4.39 Å². The summed E-state index contributed by atoms with van der Waals surface area (Å²) < 4.78 is 20.5. The smallest absolute Gasteiger partial charge is 0.202 e. The van der Waals surface area contributed by atoms with E-state index in [9.17, 15) is 9.18 Å². The van der Waals surface area contributed by atoms with Gasteiger partial charge in [-0.3, -0.25) is 4.79 Å². The molecule has 3 nitrogen and oxygen atoms in total. The predicted molar refractivity (Wildman–Crippen MR) is 76.1 cm³/mol. The fraction of sp³-hybridized carbons (Fsp3) is 0.267. The van der Waals surface area contributed by atoms with E-state index in [1.165, 1.54) is 18.2 Å². The molecule has 2 aromatic rings. The van der Waals surface area contributed by atoms with Crippen LogP contribution in [-0.4, -0.2) is 17.0 Å². The van der Waals surface area contributed by atoms with Crippen LogP contribution in [-0.2, 0) is 7.05 Å². The van der Waals surface area contributed by atoms with E-state index in [2.05, 4.69) is 0 Å². The molecule has 0 radical (unpaired) electrons. The van der Waals surface area contributed by atoms with E-state index in [-0.39, 0.29) is 23.2 Å². The van der Waals surface area contributed by atoms with Gasteiger partial charge in [0.05, 0.1) is 5.02 Å². The first kappa shape index (κ1) is 14.6. The van der Waals surface area contributed by atoms with Crippen LogP contribution in [0, 0.1) is 19.7 Å². The normalized spacial score (nSPS) is 10.7. The number of Topliss-reactive ketones (excluding diaryl/α,β-unsaturated/α-hetero) is 1. The van der Waals surface area contributed by atoms with Crippen molar-refractivity contribution in [3.05, 3.63) is 52.1 Å². The number of nitrogens with zero attached hydrogens (tertiary/aromatic N) is 1. The van der Waals surface area contributed by atoms with Crippen molar-refractivity contribution in [3.8, 4) is 5.75 Å². The van der Waals surface area contributed by atoms with Crippen LogP contribution in [0.1, 0.15) is 21.7 Å². The van der Waals surface area contributed by atoms with Crippen molar-refractivity contribution < 1.29 is 13.9 Å². The lowest BCUT2D eigenvalue weighted by Crippen LogP contribution is -2.12. The Balaban J connectivity index is 2.08. The maximum Gasteiger partial charge on any atom is 0.202 e. The number of carbonyl (C=O) groups excluding carboxylic acids is 1. The number of halogens is 2. The average molecular weight is 296 g/mol. The number of ketones is 1. The van der Waals surface area contributed by atoms with Crippen LogP contribution in [0.25, 0.3) is 0 Å². The molecular weight excluding hydrogens is 281 g/mol. The van der Waals surface area contributed by atoms with Crippen molar-refractivity contribution in [1.29, 1.82) is 0 Å². The molecule has 20 heavy (non-hydrogen) atoms. The van der Waals surface area contributed by atoms with Gasteiger partial charge in [0.15, 0.2) is 6.61 Å². The van der Waals surface area contributed by atoms with Crippen molar-refractivity contribution >= 4 is 17.4 Å². The lowest BCUT2D eigenvalue weighted by Gasteiger charge is -2.06. The number of hydrogen-bond acceptors (Lipinski definition) is 2. The van der Waals surface area contributed by atoms with Crippen molar-refractivity contribution in [2.45, 2.75) is 13.8 Å². The van der Waals surface area contributed by atoms with Crippen LogP contribution in [0.15, 0.2) is 24.3 Å². The largest absolute Gasteiger partial charge is 0.485 e. The van der Waals surface area contributed by atoms with E-state index in [4.69, 9.17) is 16.3 Å². The Bertz CT molecular complexity index is 664. The summed E-state index contributed by atoms with van der Waals surface area (Å²) >= 11 is 5.58. The molecule has 2 rings (SSSR count). The molecule has 0 bridgehead atoms. The Morgan fingerprint density at radius 2 is 2.05 bits per heavy atom. The van der Waals surface area contributed by atoms with E-state index in [0.717, 1.165) is 11.4 Å². The Kier molecular flexibility index (Phi) is 4.14. The summed E-state index contributed by atoms with van der Waals surface area (Å²) in [5.74, 6) is -0.421. The molecule has 0 saturated carbocycles. The highest BCUT2D eigenvalue weighted by Gasteiger charge is 2.14. The molecule has 0 atom stereocenters. The molecule has 0 aliphatic rings. The fourth-order valence-corrected chi connectivity index (χ4v) is 2.05. The van der Waals surface area contributed by atoms with E-state index in [0.29, 0.717) is 5.56 Å². The topological polar surface area (TPSA) is 31.2 Å². The molecular formula is C15H15ClFNO2. The summed E-state index contributed by atoms with van der Waals surface area (Å²) in [4.78, 5) is 12.1. The molecule has 0 spiro atoms. The zero-order valence-electron chi connectivity index (χ0n) is 11.5. The van der Waals surface area contributed by atoms with Crippen LogP contribution in [0.5, 0.6) is 5.75 Å². The summed E-state index contributed by atoms with van der Waals surface area (Å²) in [6, 6.07) is 5.92. The minimum Gasteiger partial charge on any atom is -0.485 e. The van der Waals surface area contributed by atoms with Gasteiger partial charge in [0.2, 0.25) is 5.78 Å². The second-order valence-corrected chi connectivity index (χ2v) is 5.04. The Labute approximate surface area is 121 Å². The second-order valence-electron chi connectivity index (χ2n) is 4.63. The number of aromatic nitrogens is 1. The number of aryl methyl sites for hydroxylation is 1. The molecule has 0 fully saturated rings. The highest BCUT2D eigenvalue weighted by atomic mass is 35.5. The first-order valence-corrected chi connectivity index (χ1v) is 6.52. The van der Waals surface area contributed by atoms with Crippen molar-refractivity contribution in [3.63, 3.8) is 0 Å². The monoisotopic (exact) mass is 295 g/mol. The number of rotatable bonds is 4. The molecule has 1 heterocycles. The summed E-state index contributed by atoms with van der Waals surface area (Å²) in [6.45, 7) is 3.67. The number of benzene rings is 1. The van der Waals surface area contributed by atoms with E-state index < -0.39 is 5.82 Å². The zero-order chi connectivity index (χ0) is 14.9. The third-order valence-corrected chi connectivity index (χ3v) is 3.64. The van der Waals surface area contributed by atoms with Gasteiger partial charge in [-0.2, -0.15) is 0 Å². The summed E-state index contributed by atoms with van der Waals surface area (Å²) in [7, 11) is 1.90. The van der Waals surface area contributed by atoms with Gasteiger partial charge in [-0.1, -0.05) is 11.6 Å². The second kappa shape index (κ2) is 5.67. The Morgan fingerprint density at radius 1 is 1.35 bits per heavy atom. The summed E-state index contributed by atoms with van der Waals surface area (Å²) in [5, 5.41) is 0.0261. The molecule has 0 aliphatic carbocycles. The Hall–Kier alpha value is -1.81. The Morgan fingerprint density at radius 3 is 2.60 bits per heavy atom. The summed E-state index contributed by atoms with van der Waals surface area (Å²) in [6.07, 6.45) is 0. The molecule has 0 aliphatic heterocycles. The molecule has 0 amide bonds. The van der Waals surface area contributed by atoms with Gasteiger partial charge >= 0.3 is 0 Å². The zero-order valence-corrected chi connectivity index (χ0v) is 12.3. The van der Waals surface area contributed by atoms with Crippen molar-refractivity contribution in [1.82, 2.24) is 4.57 Å². The molecule has 106 valence electrons. The molecule has 0 saturated heterocycles. The average Bonchev–Trinajstić information content (AvgIpc) is 2.67. The first-order chi connectivity index (χ1) is 9.40. The summed E-state index contributed by atoms with van der Waals surface area (Å²) in [5.41, 5.74) is 2.52. The van der Waals surface area contributed by atoms with Crippen LogP contribution >= 0.6 is 11.6 Å². The molecule has 0 unspecified atom stereocenters. The quantitative estimate of drug-likeness (QED) is 0.806. The fourth-order valence-electron chi connectivity index (χ4n) is 1.93. The lowest BCUT2D eigenvalue weighted by molar-refractivity contribution is 0.0920. The van der Waals surface area contributed by atoms with Gasteiger partial charge in [-0.15, -0.1) is 0 Å². The molecule has 1 aromatic heterocycles. The van der Waals surface area contributed by atoms with Crippen LogP contribution in [0.2, 0.25) is 5.02 Å². The highest BCUT2D eigenvalue weighted by molar-refractivity contribution is 6.30. The number of carbonyl (C=O) groups is 1. The number of ether oxygens (including phenoxy) is 1. The maximum atomic E-state index is 13.2. The molecule has 5 heteroatoms. The molecule has 0 N–H and O–H groups in total. The predicted octanol–water partition coefficient (Wildman–Crippen LogP) is 3.70. The van der Waals surface area contributed by atoms with E-state index >= 15 is 0 Å².